The number of piperidine rings is 1. The maximum atomic E-state index is 11.3. The maximum absolute atomic E-state index is 11.3. The molecule has 6 nitrogen and oxygen atoms in total. The van der Waals surface area contributed by atoms with Crippen LogP contribution >= 0.6 is 0 Å². The number of aliphatic hydroxyl groups is 3. The van der Waals surface area contributed by atoms with E-state index >= 15 is 0 Å². The zero-order chi connectivity index (χ0) is 17.5. The van der Waals surface area contributed by atoms with Crippen LogP contribution in [0.1, 0.15) is 31.7 Å². The van der Waals surface area contributed by atoms with E-state index < -0.39 is 18.2 Å². The number of rotatable bonds is 7. The number of unbranched alkanes of at least 4 members (excludes halogenated alkanes) is 1. The number of aliphatic hydroxyl groups excluding tert-OH is 3. The van der Waals surface area contributed by atoms with Crippen LogP contribution in [0, 0.1) is 5.92 Å². The number of nitrogens with zero attached hydrogens (tertiary/aromatic N) is 1. The van der Waals surface area contributed by atoms with Crippen LogP contribution in [0.4, 0.5) is 0 Å². The second-order valence-electron chi connectivity index (χ2n) is 6.54. The molecular formula is C18H28N2O4. The number of aryl methyl sites for hydroxylation is 1. The average Bonchev–Trinajstić information content (AvgIpc) is 2.56. The summed E-state index contributed by atoms with van der Waals surface area (Å²) >= 11 is 0. The van der Waals surface area contributed by atoms with Crippen LogP contribution in [-0.4, -0.2) is 57.6 Å². The first-order valence-corrected chi connectivity index (χ1v) is 8.57. The highest BCUT2D eigenvalue weighted by Gasteiger charge is 2.41. The third-order valence-electron chi connectivity index (χ3n) is 4.68. The third kappa shape index (κ3) is 5.01. The number of carbonyl (C=O) groups is 1. The number of hydrazine groups is 1. The summed E-state index contributed by atoms with van der Waals surface area (Å²) in [4.78, 5) is 11.3. The van der Waals surface area contributed by atoms with Crippen molar-refractivity contribution in [2.24, 2.45) is 5.92 Å². The summed E-state index contributed by atoms with van der Waals surface area (Å²) in [5.74, 6) is -0.384. The van der Waals surface area contributed by atoms with Gasteiger partial charge in [-0.05, 0) is 24.8 Å². The van der Waals surface area contributed by atoms with E-state index in [1.54, 1.807) is 5.01 Å². The van der Waals surface area contributed by atoms with E-state index in [9.17, 15) is 20.1 Å². The van der Waals surface area contributed by atoms with Crippen molar-refractivity contribution in [1.82, 2.24) is 10.4 Å². The number of amides is 1. The summed E-state index contributed by atoms with van der Waals surface area (Å²) in [6.07, 6.45) is 1.73. The van der Waals surface area contributed by atoms with Gasteiger partial charge in [-0.1, -0.05) is 36.8 Å². The summed E-state index contributed by atoms with van der Waals surface area (Å²) < 4.78 is 0. The van der Waals surface area contributed by atoms with E-state index in [1.165, 1.54) is 12.5 Å². The van der Waals surface area contributed by atoms with E-state index in [4.69, 9.17) is 0 Å². The van der Waals surface area contributed by atoms with Crippen molar-refractivity contribution in [2.45, 2.75) is 50.9 Å². The molecule has 1 saturated heterocycles. The van der Waals surface area contributed by atoms with Gasteiger partial charge in [0.25, 0.3) is 0 Å². The second kappa shape index (κ2) is 9.13. The fourth-order valence-electron chi connectivity index (χ4n) is 3.37. The van der Waals surface area contributed by atoms with Gasteiger partial charge in [0.2, 0.25) is 5.91 Å². The molecule has 4 N–H and O–H groups in total. The molecule has 1 aromatic carbocycles. The molecule has 0 spiro atoms. The maximum Gasteiger partial charge on any atom is 0.231 e. The zero-order valence-electron chi connectivity index (χ0n) is 14.1. The normalized spacial score (nSPS) is 27.8. The van der Waals surface area contributed by atoms with Crippen molar-refractivity contribution in [3.63, 3.8) is 0 Å². The lowest BCUT2D eigenvalue weighted by atomic mass is 9.85. The standard InChI is InChI=1S/C18H28N2O4/c1-13(22)19-20-11-15(17(23)18(24)16(20)12-21)10-6-5-9-14-7-3-2-4-8-14/h2-4,7-8,15-18,21,23-24H,5-6,9-12H2,1H3,(H,19,22)/t15-,16+,17+,18+/m0/s1. The molecule has 1 heterocycles. The van der Waals surface area contributed by atoms with Gasteiger partial charge in [-0.25, -0.2) is 5.01 Å². The lowest BCUT2D eigenvalue weighted by Crippen LogP contribution is -2.64. The molecule has 0 unspecified atom stereocenters. The van der Waals surface area contributed by atoms with Gasteiger partial charge in [-0.3, -0.25) is 10.2 Å². The fourth-order valence-corrected chi connectivity index (χ4v) is 3.37. The molecule has 1 aromatic rings. The van der Waals surface area contributed by atoms with Crippen LogP contribution in [0.15, 0.2) is 30.3 Å². The molecule has 0 bridgehead atoms. The number of hydrogen-bond acceptors (Lipinski definition) is 5. The third-order valence-corrected chi connectivity index (χ3v) is 4.68. The van der Waals surface area contributed by atoms with Gasteiger partial charge in [-0.15, -0.1) is 0 Å². The molecule has 24 heavy (non-hydrogen) atoms. The van der Waals surface area contributed by atoms with Gasteiger partial charge in [0.1, 0.15) is 0 Å². The summed E-state index contributed by atoms with van der Waals surface area (Å²) in [5, 5.41) is 31.5. The molecule has 1 aliphatic rings. The highest BCUT2D eigenvalue weighted by Crippen LogP contribution is 2.26. The minimum Gasteiger partial charge on any atom is -0.395 e. The molecule has 134 valence electrons. The van der Waals surface area contributed by atoms with Gasteiger partial charge in [0.15, 0.2) is 0 Å². The molecule has 0 aromatic heterocycles. The molecule has 6 heteroatoms. The van der Waals surface area contributed by atoms with E-state index in [-0.39, 0.29) is 18.4 Å². The van der Waals surface area contributed by atoms with Crippen molar-refractivity contribution in [1.29, 1.82) is 0 Å². The minimum atomic E-state index is -1.07. The van der Waals surface area contributed by atoms with Crippen LogP contribution in [0.3, 0.4) is 0 Å². The predicted octanol–water partition coefficient (Wildman–Crippen LogP) is 0.465. The molecule has 4 atom stereocenters. The summed E-state index contributed by atoms with van der Waals surface area (Å²) in [7, 11) is 0. The van der Waals surface area contributed by atoms with Gasteiger partial charge >= 0.3 is 0 Å². The highest BCUT2D eigenvalue weighted by molar-refractivity contribution is 5.72. The number of carbonyl (C=O) groups excluding carboxylic acids is 1. The molecule has 0 radical (unpaired) electrons. The number of hydrogen-bond donors (Lipinski definition) is 4. The largest absolute Gasteiger partial charge is 0.395 e. The van der Waals surface area contributed by atoms with Crippen LogP contribution in [0.25, 0.3) is 0 Å². The van der Waals surface area contributed by atoms with E-state index in [2.05, 4.69) is 17.6 Å². The summed E-state index contributed by atoms with van der Waals surface area (Å²) in [6.45, 7) is 1.49. The van der Waals surface area contributed by atoms with Crippen molar-refractivity contribution < 1.29 is 20.1 Å². The first-order valence-electron chi connectivity index (χ1n) is 8.57. The quantitative estimate of drug-likeness (QED) is 0.543. The van der Waals surface area contributed by atoms with Crippen molar-refractivity contribution >= 4 is 5.91 Å². The monoisotopic (exact) mass is 336 g/mol. The smallest absolute Gasteiger partial charge is 0.231 e. The van der Waals surface area contributed by atoms with Crippen molar-refractivity contribution in [3.8, 4) is 0 Å². The summed E-state index contributed by atoms with van der Waals surface area (Å²) in [5.41, 5.74) is 3.94. The first-order chi connectivity index (χ1) is 11.5. The Balaban J connectivity index is 1.85. The zero-order valence-corrected chi connectivity index (χ0v) is 14.1. The number of benzene rings is 1. The molecule has 1 aliphatic heterocycles. The molecule has 1 amide bonds. The molecular weight excluding hydrogens is 308 g/mol. The topological polar surface area (TPSA) is 93.0 Å². The van der Waals surface area contributed by atoms with Gasteiger partial charge in [-0.2, -0.15) is 0 Å². The molecule has 1 fully saturated rings. The Morgan fingerprint density at radius 2 is 1.92 bits per heavy atom. The van der Waals surface area contributed by atoms with Gasteiger partial charge in [0, 0.05) is 19.4 Å². The summed E-state index contributed by atoms with van der Waals surface area (Å²) in [6, 6.07) is 9.57. The average molecular weight is 336 g/mol. The van der Waals surface area contributed by atoms with Crippen LogP contribution in [-0.2, 0) is 11.2 Å². The lowest BCUT2D eigenvalue weighted by molar-refractivity contribution is -0.149. The van der Waals surface area contributed by atoms with Gasteiger partial charge in [0.05, 0.1) is 24.9 Å². The minimum absolute atomic E-state index is 0.134. The van der Waals surface area contributed by atoms with Gasteiger partial charge < -0.3 is 15.3 Å². The van der Waals surface area contributed by atoms with Crippen LogP contribution < -0.4 is 5.43 Å². The first kappa shape index (κ1) is 18.9. The Kier molecular flexibility index (Phi) is 7.17. The van der Waals surface area contributed by atoms with E-state index in [0.29, 0.717) is 6.54 Å². The Labute approximate surface area is 143 Å². The Morgan fingerprint density at radius 1 is 1.21 bits per heavy atom. The highest BCUT2D eigenvalue weighted by atomic mass is 16.3. The van der Waals surface area contributed by atoms with E-state index in [1.807, 2.05) is 18.2 Å². The van der Waals surface area contributed by atoms with Crippen molar-refractivity contribution in [3.05, 3.63) is 35.9 Å². The Hall–Kier alpha value is -1.47. The number of nitrogens with one attached hydrogen (secondary N) is 1. The molecule has 0 saturated carbocycles. The van der Waals surface area contributed by atoms with E-state index in [0.717, 1.165) is 25.7 Å². The molecule has 0 aliphatic carbocycles. The molecule has 2 rings (SSSR count). The Morgan fingerprint density at radius 3 is 2.54 bits per heavy atom. The fraction of sp³-hybridized carbons (Fsp3) is 0.611. The lowest BCUT2D eigenvalue weighted by Gasteiger charge is -2.44. The van der Waals surface area contributed by atoms with Crippen LogP contribution in [0.2, 0.25) is 0 Å². The predicted molar refractivity (Wildman–Crippen MR) is 90.9 cm³/mol. The van der Waals surface area contributed by atoms with Crippen LogP contribution in [0.5, 0.6) is 0 Å². The van der Waals surface area contributed by atoms with Crippen molar-refractivity contribution in [2.75, 3.05) is 13.2 Å². The second-order valence-corrected chi connectivity index (χ2v) is 6.54. The Bertz CT molecular complexity index is 511. The SMILES string of the molecule is CC(=O)NN1C[C@H](CCCCc2ccccc2)[C@@H](O)[C@H](O)[C@H]1CO.